The van der Waals surface area contributed by atoms with E-state index in [1.807, 2.05) is 19.9 Å². The molecule has 0 aliphatic rings. The number of esters is 1. The maximum absolute atomic E-state index is 12.5. The van der Waals surface area contributed by atoms with Gasteiger partial charge in [0.05, 0.1) is 34.6 Å². The van der Waals surface area contributed by atoms with Gasteiger partial charge in [0.2, 0.25) is 0 Å². The van der Waals surface area contributed by atoms with Crippen molar-refractivity contribution in [1.29, 1.82) is 0 Å². The summed E-state index contributed by atoms with van der Waals surface area (Å²) in [5.41, 5.74) is 3.01. The number of thiazole rings is 1. The van der Waals surface area contributed by atoms with Crippen molar-refractivity contribution in [3.05, 3.63) is 46.0 Å². The van der Waals surface area contributed by atoms with E-state index in [-0.39, 0.29) is 25.0 Å². The predicted octanol–water partition coefficient (Wildman–Crippen LogP) is 2.45. The maximum Gasteiger partial charge on any atom is 0.338 e. The average Bonchev–Trinajstić information content (AvgIpc) is 3.14. The van der Waals surface area contributed by atoms with Crippen molar-refractivity contribution in [2.75, 3.05) is 6.61 Å². The molecule has 0 radical (unpaired) electrons. The molecule has 0 unspecified atom stereocenters. The summed E-state index contributed by atoms with van der Waals surface area (Å²) in [7, 11) is 0. The predicted molar refractivity (Wildman–Crippen MR) is 107 cm³/mol. The first kappa shape index (κ1) is 19.6. The fourth-order valence-electron chi connectivity index (χ4n) is 2.85. The van der Waals surface area contributed by atoms with Gasteiger partial charge >= 0.3 is 5.97 Å². The molecule has 2 aromatic heterocycles. The maximum atomic E-state index is 12.5. The molecule has 8 heteroatoms. The van der Waals surface area contributed by atoms with Gasteiger partial charge in [-0.1, -0.05) is 17.3 Å². The van der Waals surface area contributed by atoms with Crippen molar-refractivity contribution in [1.82, 2.24) is 14.3 Å². The smallest absolute Gasteiger partial charge is 0.338 e. The quantitative estimate of drug-likeness (QED) is 0.490. The molecule has 144 valence electrons. The molecule has 0 saturated carbocycles. The second-order valence-corrected chi connectivity index (χ2v) is 7.18. The highest BCUT2D eigenvalue weighted by Gasteiger charge is 2.13. The van der Waals surface area contributed by atoms with Crippen molar-refractivity contribution in [3.8, 4) is 12.3 Å². The summed E-state index contributed by atoms with van der Waals surface area (Å²) in [6, 6.07) is 7.11. The fourth-order valence-corrected chi connectivity index (χ4v) is 3.94. The second-order valence-electron chi connectivity index (χ2n) is 6.17. The normalized spacial score (nSPS) is 11.6. The standard InChI is InChI=1S/C20H20N4O3S/c1-5-9-23-16-8-7-15(19(26)27-6-2)11-17(16)28-20(23)21-18(25)12-24-14(4)10-13(3)22-24/h1,7-8,10-11H,6,9,12H2,2-4H3. The lowest BCUT2D eigenvalue weighted by atomic mass is 10.2. The van der Waals surface area contributed by atoms with E-state index < -0.39 is 0 Å². The van der Waals surface area contributed by atoms with Crippen LogP contribution in [0.1, 0.15) is 28.7 Å². The van der Waals surface area contributed by atoms with E-state index >= 15 is 0 Å². The number of terminal acetylenes is 1. The molecule has 1 amide bonds. The topological polar surface area (TPSA) is 78.5 Å². The number of hydrogen-bond acceptors (Lipinski definition) is 5. The number of hydrogen-bond donors (Lipinski definition) is 0. The summed E-state index contributed by atoms with van der Waals surface area (Å²) in [6.07, 6.45) is 5.49. The van der Waals surface area contributed by atoms with Crippen molar-refractivity contribution in [3.63, 3.8) is 0 Å². The average molecular weight is 396 g/mol. The SMILES string of the molecule is C#CCn1c(=NC(=O)Cn2nc(C)cc2C)sc2cc(C(=O)OCC)ccc21. The Hall–Kier alpha value is -3.18. The molecule has 0 aliphatic heterocycles. The molecule has 28 heavy (non-hydrogen) atoms. The minimum Gasteiger partial charge on any atom is -0.462 e. The zero-order chi connectivity index (χ0) is 20.3. The third-order valence-corrected chi connectivity index (χ3v) is 5.09. The Labute approximate surface area is 166 Å². The molecule has 0 bridgehead atoms. The van der Waals surface area contributed by atoms with Crippen molar-refractivity contribution >= 4 is 33.4 Å². The first-order valence-corrected chi connectivity index (χ1v) is 9.57. The van der Waals surface area contributed by atoms with Crippen LogP contribution < -0.4 is 4.80 Å². The van der Waals surface area contributed by atoms with Gasteiger partial charge in [0.1, 0.15) is 6.54 Å². The molecule has 0 atom stereocenters. The van der Waals surface area contributed by atoms with Gasteiger partial charge in [-0.05, 0) is 45.0 Å². The van der Waals surface area contributed by atoms with E-state index in [1.165, 1.54) is 11.3 Å². The van der Waals surface area contributed by atoms with Crippen LogP contribution in [0.15, 0.2) is 29.3 Å². The Bertz CT molecular complexity index is 1160. The van der Waals surface area contributed by atoms with E-state index in [2.05, 4.69) is 16.0 Å². The minimum absolute atomic E-state index is 0.0536. The van der Waals surface area contributed by atoms with Crippen molar-refractivity contribution in [2.24, 2.45) is 4.99 Å². The van der Waals surface area contributed by atoms with Crippen LogP contribution in [0.2, 0.25) is 0 Å². The zero-order valence-corrected chi connectivity index (χ0v) is 16.7. The van der Waals surface area contributed by atoms with Gasteiger partial charge in [-0.15, -0.1) is 6.42 Å². The van der Waals surface area contributed by atoms with Crippen molar-refractivity contribution < 1.29 is 14.3 Å². The largest absolute Gasteiger partial charge is 0.462 e. The zero-order valence-electron chi connectivity index (χ0n) is 15.9. The Balaban J connectivity index is 2.01. The summed E-state index contributed by atoms with van der Waals surface area (Å²) in [6.45, 7) is 6.15. The number of aryl methyl sites for hydroxylation is 2. The molecule has 7 nitrogen and oxygen atoms in total. The highest BCUT2D eigenvalue weighted by molar-refractivity contribution is 7.16. The molecular weight excluding hydrogens is 376 g/mol. The monoisotopic (exact) mass is 396 g/mol. The number of carbonyl (C=O) groups excluding carboxylic acids is 2. The van der Waals surface area contributed by atoms with Crippen LogP contribution in [0.4, 0.5) is 0 Å². The lowest BCUT2D eigenvalue weighted by Crippen LogP contribution is -2.19. The Morgan fingerprint density at radius 1 is 1.32 bits per heavy atom. The van der Waals surface area contributed by atoms with E-state index in [0.717, 1.165) is 21.6 Å². The van der Waals surface area contributed by atoms with Gasteiger partial charge in [-0.3, -0.25) is 9.48 Å². The van der Waals surface area contributed by atoms with Crippen molar-refractivity contribution in [2.45, 2.75) is 33.9 Å². The molecule has 3 aromatic rings. The van der Waals surface area contributed by atoms with Gasteiger partial charge in [-0.25, -0.2) is 4.79 Å². The Kier molecular flexibility index (Phi) is 5.76. The van der Waals surface area contributed by atoms with Gasteiger partial charge in [0.15, 0.2) is 4.80 Å². The highest BCUT2D eigenvalue weighted by atomic mass is 32.1. The summed E-state index contributed by atoms with van der Waals surface area (Å²) in [5, 5.41) is 4.29. The number of aromatic nitrogens is 3. The van der Waals surface area contributed by atoms with Crippen LogP contribution in [0.3, 0.4) is 0 Å². The minimum atomic E-state index is -0.389. The summed E-state index contributed by atoms with van der Waals surface area (Å²) < 4.78 is 9.26. The number of amides is 1. The van der Waals surface area contributed by atoms with Crippen LogP contribution in [0.5, 0.6) is 0 Å². The number of carbonyl (C=O) groups is 2. The molecule has 1 aromatic carbocycles. The summed E-state index contributed by atoms with van der Waals surface area (Å²) in [4.78, 5) is 29.2. The van der Waals surface area contributed by atoms with Gasteiger partial charge in [0.25, 0.3) is 5.91 Å². The first-order chi connectivity index (χ1) is 13.4. The molecule has 3 rings (SSSR count). The number of nitrogens with zero attached hydrogens (tertiary/aromatic N) is 4. The molecule has 0 aliphatic carbocycles. The molecule has 0 spiro atoms. The van der Waals surface area contributed by atoms with Gasteiger partial charge in [-0.2, -0.15) is 10.1 Å². The van der Waals surface area contributed by atoms with E-state index in [4.69, 9.17) is 11.2 Å². The summed E-state index contributed by atoms with van der Waals surface area (Å²) >= 11 is 1.30. The third kappa shape index (κ3) is 4.05. The number of benzene rings is 1. The lowest BCUT2D eigenvalue weighted by Gasteiger charge is -2.03. The number of ether oxygens (including phenoxy) is 1. The number of rotatable bonds is 5. The Morgan fingerprint density at radius 2 is 2.11 bits per heavy atom. The third-order valence-electron chi connectivity index (χ3n) is 4.05. The fraction of sp³-hybridized carbons (Fsp3) is 0.300. The van der Waals surface area contributed by atoms with Crippen LogP contribution in [-0.2, 0) is 22.6 Å². The van der Waals surface area contributed by atoms with Gasteiger partial charge < -0.3 is 9.30 Å². The van der Waals surface area contributed by atoms with Crippen LogP contribution in [0.25, 0.3) is 10.2 Å². The summed E-state index contributed by atoms with van der Waals surface area (Å²) in [5.74, 6) is 1.87. The van der Waals surface area contributed by atoms with Gasteiger partial charge in [0, 0.05) is 5.69 Å². The lowest BCUT2D eigenvalue weighted by molar-refractivity contribution is -0.118. The first-order valence-electron chi connectivity index (χ1n) is 8.75. The molecular formula is C20H20N4O3S. The van der Waals surface area contributed by atoms with E-state index in [1.54, 1.807) is 34.4 Å². The van der Waals surface area contributed by atoms with Crippen LogP contribution in [-0.4, -0.2) is 32.8 Å². The molecule has 2 heterocycles. The van der Waals surface area contributed by atoms with E-state index in [9.17, 15) is 9.59 Å². The molecule has 0 saturated heterocycles. The molecule has 0 fully saturated rings. The second kappa shape index (κ2) is 8.23. The number of fused-ring (bicyclic) bond motifs is 1. The van der Waals surface area contributed by atoms with Crippen LogP contribution >= 0.6 is 11.3 Å². The molecule has 0 N–H and O–H groups in total. The van der Waals surface area contributed by atoms with Crippen LogP contribution in [0, 0.1) is 26.2 Å². The van der Waals surface area contributed by atoms with E-state index in [0.29, 0.717) is 17.0 Å². The Morgan fingerprint density at radius 3 is 2.75 bits per heavy atom. The highest BCUT2D eigenvalue weighted by Crippen LogP contribution is 2.20.